The van der Waals surface area contributed by atoms with Crippen molar-refractivity contribution in [3.8, 4) is 0 Å². The summed E-state index contributed by atoms with van der Waals surface area (Å²) in [6, 6.07) is 5.61. The van der Waals surface area contributed by atoms with Crippen molar-refractivity contribution < 1.29 is 9.59 Å². The number of halogens is 1. The topological polar surface area (TPSA) is 70.2 Å². The lowest BCUT2D eigenvalue weighted by molar-refractivity contribution is -0.115. The lowest BCUT2D eigenvalue weighted by Gasteiger charge is -2.21. The third-order valence-electron chi connectivity index (χ3n) is 3.23. The fourth-order valence-corrected chi connectivity index (χ4v) is 2.73. The van der Waals surface area contributed by atoms with Crippen molar-refractivity contribution in [2.75, 3.05) is 18.9 Å². The Morgan fingerprint density at radius 1 is 1.48 bits per heavy atom. The maximum Gasteiger partial charge on any atom is 0.251 e. The van der Waals surface area contributed by atoms with E-state index in [1.54, 1.807) is 12.1 Å². The molecule has 0 aliphatic carbocycles. The van der Waals surface area contributed by atoms with E-state index in [-0.39, 0.29) is 35.5 Å². The van der Waals surface area contributed by atoms with Crippen molar-refractivity contribution in [2.24, 2.45) is 0 Å². The molecule has 2 unspecified atom stereocenters. The predicted molar refractivity (Wildman–Crippen MR) is 88.5 cm³/mol. The molecule has 1 aliphatic rings. The second kappa shape index (κ2) is 7.68. The van der Waals surface area contributed by atoms with Gasteiger partial charge in [-0.3, -0.25) is 9.59 Å². The largest absolute Gasteiger partial charge is 0.350 e. The van der Waals surface area contributed by atoms with Crippen LogP contribution in [0.25, 0.3) is 0 Å². The third kappa shape index (κ3) is 4.36. The highest BCUT2D eigenvalue weighted by Gasteiger charge is 2.23. The summed E-state index contributed by atoms with van der Waals surface area (Å²) in [5, 5.41) is 8.64. The van der Waals surface area contributed by atoms with Gasteiger partial charge in [0.1, 0.15) is 0 Å². The van der Waals surface area contributed by atoms with Crippen LogP contribution >= 0.6 is 24.2 Å². The molecule has 3 N–H and O–H groups in total. The van der Waals surface area contributed by atoms with Crippen molar-refractivity contribution in [2.45, 2.75) is 30.0 Å². The molecule has 7 heteroatoms. The normalized spacial score (nSPS) is 18.0. The molecule has 2 rings (SSSR count). The molecule has 21 heavy (non-hydrogen) atoms. The number of rotatable bonds is 4. The molecule has 1 aliphatic heterocycles. The smallest absolute Gasteiger partial charge is 0.251 e. The summed E-state index contributed by atoms with van der Waals surface area (Å²) < 4.78 is 0. The molecule has 2 amide bonds. The predicted octanol–water partition coefficient (Wildman–Crippen LogP) is 1.88. The van der Waals surface area contributed by atoms with Gasteiger partial charge in [-0.25, -0.2) is 0 Å². The number of anilines is 1. The first kappa shape index (κ1) is 17.8. The van der Waals surface area contributed by atoms with Crippen LogP contribution < -0.4 is 16.0 Å². The van der Waals surface area contributed by atoms with Crippen molar-refractivity contribution in [1.29, 1.82) is 0 Å². The maximum atomic E-state index is 12.0. The number of benzene rings is 1. The lowest BCUT2D eigenvalue weighted by Crippen LogP contribution is -2.37. The lowest BCUT2D eigenvalue weighted by atomic mass is 10.1. The fourth-order valence-electron chi connectivity index (χ4n) is 1.80. The van der Waals surface area contributed by atoms with E-state index >= 15 is 0 Å². The number of thioether (sulfide) groups is 1. The number of nitrogens with one attached hydrogen (secondary N) is 3. The molecule has 1 heterocycles. The molecule has 0 bridgehead atoms. The molecule has 0 radical (unpaired) electrons. The minimum absolute atomic E-state index is 0. The van der Waals surface area contributed by atoms with Crippen molar-refractivity contribution in [1.82, 2.24) is 10.6 Å². The Balaban J connectivity index is 0.00000220. The Kier molecular flexibility index (Phi) is 6.51. The van der Waals surface area contributed by atoms with Gasteiger partial charge < -0.3 is 16.0 Å². The Hall–Kier alpha value is -1.24. The van der Waals surface area contributed by atoms with E-state index in [1.807, 2.05) is 27.0 Å². The molecular weight excluding hydrogens is 310 g/mol. The number of amides is 2. The summed E-state index contributed by atoms with van der Waals surface area (Å²) in [7, 11) is 1.85. The highest BCUT2D eigenvalue weighted by atomic mass is 35.5. The van der Waals surface area contributed by atoms with Gasteiger partial charge in [0.2, 0.25) is 5.91 Å². The van der Waals surface area contributed by atoms with Crippen molar-refractivity contribution in [3.63, 3.8) is 0 Å². The zero-order valence-corrected chi connectivity index (χ0v) is 13.9. The summed E-state index contributed by atoms with van der Waals surface area (Å²) in [5.41, 5.74) is 1.27. The summed E-state index contributed by atoms with van der Waals surface area (Å²) in [5.74, 6) is -0.156. The second-order valence-corrected chi connectivity index (χ2v) is 6.24. The molecule has 116 valence electrons. The van der Waals surface area contributed by atoms with Gasteiger partial charge in [-0.2, -0.15) is 0 Å². The summed E-state index contributed by atoms with van der Waals surface area (Å²) >= 11 is 1.51. The number of likely N-dealkylation sites (N-methyl/N-ethyl adjacent to an activating group) is 1. The van der Waals surface area contributed by atoms with Gasteiger partial charge in [0, 0.05) is 23.0 Å². The van der Waals surface area contributed by atoms with Crippen LogP contribution in [0.2, 0.25) is 0 Å². The maximum absolute atomic E-state index is 12.0. The van der Waals surface area contributed by atoms with Crippen LogP contribution in [0.15, 0.2) is 23.1 Å². The minimum Gasteiger partial charge on any atom is -0.350 e. The van der Waals surface area contributed by atoms with Crippen LogP contribution in [0, 0.1) is 0 Å². The first-order valence-electron chi connectivity index (χ1n) is 6.58. The van der Waals surface area contributed by atoms with Crippen LogP contribution in [-0.4, -0.2) is 36.7 Å². The van der Waals surface area contributed by atoms with Crippen LogP contribution in [0.1, 0.15) is 24.2 Å². The SMILES string of the molecule is CNC(C)CNC(=O)c1ccc2c(c1)NC(=O)C(C)S2.Cl. The fraction of sp³-hybridized carbons (Fsp3) is 0.429. The van der Waals surface area contributed by atoms with Gasteiger partial charge >= 0.3 is 0 Å². The van der Waals surface area contributed by atoms with E-state index in [9.17, 15) is 9.59 Å². The number of hydrogen-bond acceptors (Lipinski definition) is 4. The van der Waals surface area contributed by atoms with Gasteiger partial charge in [-0.1, -0.05) is 0 Å². The van der Waals surface area contributed by atoms with E-state index in [0.717, 1.165) is 4.90 Å². The van der Waals surface area contributed by atoms with Crippen LogP contribution in [-0.2, 0) is 4.79 Å². The highest BCUT2D eigenvalue weighted by Crippen LogP contribution is 2.35. The first-order valence-corrected chi connectivity index (χ1v) is 7.46. The van der Waals surface area contributed by atoms with Crippen molar-refractivity contribution >= 4 is 41.7 Å². The Bertz CT molecular complexity index is 539. The first-order chi connectivity index (χ1) is 9.51. The van der Waals surface area contributed by atoms with E-state index < -0.39 is 0 Å². The third-order valence-corrected chi connectivity index (χ3v) is 4.41. The van der Waals surface area contributed by atoms with Gasteiger partial charge in [0.25, 0.3) is 5.91 Å². The summed E-state index contributed by atoms with van der Waals surface area (Å²) in [6.07, 6.45) is 0. The molecule has 5 nitrogen and oxygen atoms in total. The Labute approximate surface area is 135 Å². The van der Waals surface area contributed by atoms with Gasteiger partial charge in [0.15, 0.2) is 0 Å². The van der Waals surface area contributed by atoms with Crippen LogP contribution in [0.4, 0.5) is 5.69 Å². The summed E-state index contributed by atoms with van der Waals surface area (Å²) in [6.45, 7) is 4.42. The molecule has 0 saturated carbocycles. The van der Waals surface area contributed by atoms with Crippen LogP contribution in [0.3, 0.4) is 0 Å². The molecule has 0 fully saturated rings. The number of fused-ring (bicyclic) bond motifs is 1. The second-order valence-electron chi connectivity index (χ2n) is 4.86. The number of carbonyl (C=O) groups excluding carboxylic acids is 2. The van der Waals surface area contributed by atoms with E-state index in [0.29, 0.717) is 17.8 Å². The van der Waals surface area contributed by atoms with Gasteiger partial charge in [-0.05, 0) is 39.1 Å². The van der Waals surface area contributed by atoms with Gasteiger partial charge in [0.05, 0.1) is 10.9 Å². The molecule has 1 aromatic rings. The molecular formula is C14H20ClN3O2S. The van der Waals surface area contributed by atoms with E-state index in [1.165, 1.54) is 11.8 Å². The zero-order valence-electron chi connectivity index (χ0n) is 12.2. The van der Waals surface area contributed by atoms with Gasteiger partial charge in [-0.15, -0.1) is 24.2 Å². The quantitative estimate of drug-likeness (QED) is 0.789. The average Bonchev–Trinajstić information content (AvgIpc) is 2.45. The van der Waals surface area contributed by atoms with Crippen molar-refractivity contribution in [3.05, 3.63) is 23.8 Å². The van der Waals surface area contributed by atoms with Crippen LogP contribution in [0.5, 0.6) is 0 Å². The molecule has 2 atom stereocenters. The monoisotopic (exact) mass is 329 g/mol. The highest BCUT2D eigenvalue weighted by molar-refractivity contribution is 8.00. The molecule has 0 aromatic heterocycles. The number of hydrogen-bond donors (Lipinski definition) is 3. The molecule has 0 saturated heterocycles. The molecule has 1 aromatic carbocycles. The summed E-state index contributed by atoms with van der Waals surface area (Å²) in [4.78, 5) is 24.7. The average molecular weight is 330 g/mol. The number of carbonyl (C=O) groups is 2. The zero-order chi connectivity index (χ0) is 14.7. The molecule has 0 spiro atoms. The van der Waals surface area contributed by atoms with E-state index in [2.05, 4.69) is 16.0 Å². The standard InChI is InChI=1S/C14H19N3O2S.ClH/c1-8(15-3)7-16-14(19)10-4-5-12-11(6-10)17-13(18)9(2)20-12;/h4-6,8-9,15H,7H2,1-3H3,(H,16,19)(H,17,18);1H. The minimum atomic E-state index is -0.132. The Morgan fingerprint density at radius 3 is 2.86 bits per heavy atom. The Morgan fingerprint density at radius 2 is 2.19 bits per heavy atom. The van der Waals surface area contributed by atoms with E-state index in [4.69, 9.17) is 0 Å².